The largest absolute Gasteiger partial charge is 0.299 e. The van der Waals surface area contributed by atoms with Crippen molar-refractivity contribution in [3.05, 3.63) is 77.6 Å². The van der Waals surface area contributed by atoms with Crippen LogP contribution in [0.25, 0.3) is 16.8 Å². The van der Waals surface area contributed by atoms with Gasteiger partial charge >= 0.3 is 0 Å². The first-order chi connectivity index (χ1) is 15.0. The molecule has 0 amide bonds. The highest BCUT2D eigenvalue weighted by Gasteiger charge is 2.25. The van der Waals surface area contributed by atoms with Crippen molar-refractivity contribution in [3.8, 4) is 0 Å². The minimum absolute atomic E-state index is 0.333. The Hall–Kier alpha value is -2.25. The molecule has 0 spiro atoms. The number of aromatic nitrogens is 1. The van der Waals surface area contributed by atoms with Crippen molar-refractivity contribution in [2.24, 2.45) is 0 Å². The minimum atomic E-state index is -3.60. The molecule has 1 heterocycles. The minimum Gasteiger partial charge on any atom is -0.299 e. The van der Waals surface area contributed by atoms with Gasteiger partial charge in [0.05, 0.1) is 4.90 Å². The molecule has 0 aliphatic rings. The molecule has 0 atom stereocenters. The van der Waals surface area contributed by atoms with Crippen LogP contribution in [-0.2, 0) is 10.0 Å². The van der Waals surface area contributed by atoms with Crippen molar-refractivity contribution < 1.29 is 8.42 Å². The average molecular weight is 458 g/mol. The highest BCUT2D eigenvalue weighted by Crippen LogP contribution is 2.25. The molecule has 3 rings (SSSR count). The fourth-order valence-corrected chi connectivity index (χ4v) is 5.23. The molecule has 0 bridgehead atoms. The number of pyridine rings is 1. The molecule has 7 heteroatoms. The summed E-state index contributed by atoms with van der Waals surface area (Å²) in [5.41, 5.74) is 1.09. The number of halogens is 1. The second-order valence-corrected chi connectivity index (χ2v) is 9.54. The number of fused-ring (bicyclic) bond motifs is 1. The number of sulfonamides is 1. The van der Waals surface area contributed by atoms with Crippen LogP contribution in [0.5, 0.6) is 0 Å². The third-order valence-corrected chi connectivity index (χ3v) is 7.55. The lowest BCUT2D eigenvalue weighted by Crippen LogP contribution is -2.38. The average Bonchev–Trinajstić information content (AvgIpc) is 2.79. The summed E-state index contributed by atoms with van der Waals surface area (Å²) in [5.74, 6) is 0. The predicted molar refractivity (Wildman–Crippen MR) is 129 cm³/mol. The van der Waals surface area contributed by atoms with Crippen LogP contribution in [0.2, 0.25) is 5.02 Å². The number of benzene rings is 2. The fourth-order valence-electron chi connectivity index (χ4n) is 3.45. The molecule has 0 radical (unpaired) electrons. The van der Waals surface area contributed by atoms with Crippen LogP contribution in [-0.4, -0.2) is 55.3 Å². The molecule has 31 heavy (non-hydrogen) atoms. The number of hydrogen-bond donors (Lipinski definition) is 0. The van der Waals surface area contributed by atoms with Crippen LogP contribution in [0.15, 0.2) is 71.9 Å². The van der Waals surface area contributed by atoms with Gasteiger partial charge in [0.2, 0.25) is 10.0 Å². The molecule has 5 nitrogen and oxygen atoms in total. The zero-order valence-electron chi connectivity index (χ0n) is 17.9. The quantitative estimate of drug-likeness (QED) is 0.433. The third kappa shape index (κ3) is 5.92. The van der Waals surface area contributed by atoms with Crippen LogP contribution in [0, 0.1) is 0 Å². The second-order valence-electron chi connectivity index (χ2n) is 7.20. The van der Waals surface area contributed by atoms with Gasteiger partial charge in [-0.2, -0.15) is 4.31 Å². The maximum atomic E-state index is 13.4. The maximum Gasteiger partial charge on any atom is 0.243 e. The molecule has 0 saturated heterocycles. The zero-order valence-corrected chi connectivity index (χ0v) is 19.5. The van der Waals surface area contributed by atoms with E-state index in [-0.39, 0.29) is 0 Å². The second kappa shape index (κ2) is 10.9. The van der Waals surface area contributed by atoms with E-state index < -0.39 is 10.0 Å². The lowest BCUT2D eigenvalue weighted by Gasteiger charge is -2.25. The van der Waals surface area contributed by atoms with Gasteiger partial charge < -0.3 is 0 Å². The summed E-state index contributed by atoms with van der Waals surface area (Å²) >= 11 is 5.93. The van der Waals surface area contributed by atoms with E-state index in [2.05, 4.69) is 29.0 Å². The van der Waals surface area contributed by atoms with Crippen molar-refractivity contribution in [1.82, 2.24) is 14.2 Å². The summed E-state index contributed by atoms with van der Waals surface area (Å²) in [6, 6.07) is 14.8. The van der Waals surface area contributed by atoms with E-state index >= 15 is 0 Å². The third-order valence-electron chi connectivity index (χ3n) is 5.27. The summed E-state index contributed by atoms with van der Waals surface area (Å²) in [5, 5.41) is 2.24. The van der Waals surface area contributed by atoms with E-state index in [1.54, 1.807) is 34.9 Å². The van der Waals surface area contributed by atoms with Crippen LogP contribution in [0.1, 0.15) is 19.4 Å². The molecular formula is C24H28ClN3O2S. The molecular weight excluding hydrogens is 430 g/mol. The van der Waals surface area contributed by atoms with Gasteiger partial charge in [-0.3, -0.25) is 9.88 Å². The van der Waals surface area contributed by atoms with Gasteiger partial charge in [-0.15, -0.1) is 0 Å². The Morgan fingerprint density at radius 1 is 1.00 bits per heavy atom. The highest BCUT2D eigenvalue weighted by molar-refractivity contribution is 7.89. The molecule has 2 aromatic carbocycles. The van der Waals surface area contributed by atoms with E-state index in [4.69, 9.17) is 11.6 Å². The normalized spacial score (nSPS) is 12.4. The first-order valence-electron chi connectivity index (χ1n) is 10.4. The molecule has 1 aromatic heterocycles. The molecule has 0 aliphatic carbocycles. The summed E-state index contributed by atoms with van der Waals surface area (Å²) < 4.78 is 28.3. The molecule has 0 N–H and O–H groups in total. The lowest BCUT2D eigenvalue weighted by molar-refractivity contribution is 0.285. The number of likely N-dealkylation sites (N-methyl/N-ethyl adjacent to an activating group) is 2. The van der Waals surface area contributed by atoms with Gasteiger partial charge in [0.15, 0.2) is 0 Å². The Bertz CT molecular complexity index is 1130. The molecule has 0 aliphatic heterocycles. The molecule has 164 valence electrons. The van der Waals surface area contributed by atoms with E-state index in [1.165, 1.54) is 0 Å². The van der Waals surface area contributed by atoms with Gasteiger partial charge in [-0.05, 0) is 36.4 Å². The van der Waals surface area contributed by atoms with Gasteiger partial charge in [0.25, 0.3) is 0 Å². The molecule has 3 aromatic rings. The predicted octanol–water partition coefficient (Wildman–Crippen LogP) is 4.93. The van der Waals surface area contributed by atoms with E-state index in [1.807, 2.05) is 37.3 Å². The van der Waals surface area contributed by atoms with E-state index in [9.17, 15) is 8.42 Å². The van der Waals surface area contributed by atoms with Crippen LogP contribution in [0.3, 0.4) is 0 Å². The number of rotatable bonds is 10. The summed E-state index contributed by atoms with van der Waals surface area (Å²) in [6.07, 6.45) is 7.46. The van der Waals surface area contributed by atoms with Gasteiger partial charge in [-0.25, -0.2) is 8.42 Å². The Morgan fingerprint density at radius 2 is 1.77 bits per heavy atom. The lowest BCUT2D eigenvalue weighted by atomic mass is 10.2. The first-order valence-corrected chi connectivity index (χ1v) is 12.2. The monoisotopic (exact) mass is 457 g/mol. The van der Waals surface area contributed by atoms with Crippen molar-refractivity contribution in [2.45, 2.75) is 18.7 Å². The van der Waals surface area contributed by atoms with Gasteiger partial charge in [0.1, 0.15) is 0 Å². The highest BCUT2D eigenvalue weighted by atomic mass is 35.5. The van der Waals surface area contributed by atoms with Gasteiger partial charge in [0, 0.05) is 54.4 Å². The molecule has 0 unspecified atom stereocenters. The smallest absolute Gasteiger partial charge is 0.243 e. The first kappa shape index (κ1) is 23.4. The topological polar surface area (TPSA) is 53.5 Å². The number of hydrogen-bond acceptors (Lipinski definition) is 4. The van der Waals surface area contributed by atoms with Crippen LogP contribution in [0.4, 0.5) is 0 Å². The maximum absolute atomic E-state index is 13.4. The van der Waals surface area contributed by atoms with Crippen molar-refractivity contribution in [1.29, 1.82) is 0 Å². The van der Waals surface area contributed by atoms with Crippen molar-refractivity contribution >= 4 is 38.5 Å². The van der Waals surface area contributed by atoms with Crippen LogP contribution >= 0.6 is 11.6 Å². The SMILES string of the molecule is CCN(CC=Cc1ccc(Cl)cc1)CCN(CC)S(=O)(=O)c1cccc2cnccc12. The Kier molecular flexibility index (Phi) is 8.21. The summed E-state index contributed by atoms with van der Waals surface area (Å²) in [6.45, 7) is 7.05. The van der Waals surface area contributed by atoms with Crippen LogP contribution < -0.4 is 0 Å². The Morgan fingerprint density at radius 3 is 2.48 bits per heavy atom. The Balaban J connectivity index is 1.68. The molecule has 0 saturated carbocycles. The fraction of sp³-hybridized carbons (Fsp3) is 0.292. The van der Waals surface area contributed by atoms with E-state index in [0.717, 1.165) is 29.1 Å². The standard InChI is InChI=1S/C24H28ClN3O2S/c1-3-27(16-6-7-20-10-12-22(25)13-11-20)17-18-28(4-2)31(29,30)24-9-5-8-21-19-26-15-14-23(21)24/h5-15,19H,3-4,16-18H2,1-2H3. The van der Waals surface area contributed by atoms with Gasteiger partial charge in [-0.1, -0.05) is 61.9 Å². The molecule has 0 fully saturated rings. The van der Waals surface area contributed by atoms with Crippen molar-refractivity contribution in [3.63, 3.8) is 0 Å². The Labute approximate surface area is 190 Å². The summed E-state index contributed by atoms with van der Waals surface area (Å²) in [7, 11) is -3.60. The zero-order chi connectivity index (χ0) is 22.3. The summed E-state index contributed by atoms with van der Waals surface area (Å²) in [4.78, 5) is 6.65. The van der Waals surface area contributed by atoms with E-state index in [0.29, 0.717) is 29.9 Å². The van der Waals surface area contributed by atoms with Crippen molar-refractivity contribution in [2.75, 3.05) is 32.7 Å². The number of nitrogens with zero attached hydrogens (tertiary/aromatic N) is 3.